The predicted molar refractivity (Wildman–Crippen MR) is 118 cm³/mol. The fourth-order valence-electron chi connectivity index (χ4n) is 3.50. The molecule has 0 spiro atoms. The highest BCUT2D eigenvalue weighted by molar-refractivity contribution is 7.98. The van der Waals surface area contributed by atoms with Crippen molar-refractivity contribution in [3.63, 3.8) is 0 Å². The molecule has 1 aliphatic rings. The molecule has 6 heteroatoms. The Kier molecular flexibility index (Phi) is 8.96. The van der Waals surface area contributed by atoms with E-state index in [4.69, 9.17) is 9.15 Å². The number of furan rings is 1. The van der Waals surface area contributed by atoms with Gasteiger partial charge in [0.25, 0.3) is 5.91 Å². The molecular formula is C23H32N2O3S. The molecule has 0 saturated carbocycles. The zero-order chi connectivity index (χ0) is 20.3. The SMILES string of the molecule is CCC(Oc1cccc(CN2CCCCC2)c1)C(=O)NCCSCc1ccoc1. The van der Waals surface area contributed by atoms with E-state index in [1.807, 2.05) is 25.1 Å². The maximum absolute atomic E-state index is 12.5. The van der Waals surface area contributed by atoms with Crippen molar-refractivity contribution in [2.75, 3.05) is 25.4 Å². The Bertz CT molecular complexity index is 729. The number of hydrogen-bond donors (Lipinski definition) is 1. The topological polar surface area (TPSA) is 54.7 Å². The molecule has 1 atom stereocenters. The standard InChI is InChI=1S/C23H32N2O3S/c1-2-22(23(26)24-10-14-29-18-20-9-13-27-17-20)28-21-8-6-7-19(15-21)16-25-11-4-3-5-12-25/h6-9,13,15,17,22H,2-5,10-12,14,16,18H2,1H3,(H,24,26). The third-order valence-electron chi connectivity index (χ3n) is 5.09. The summed E-state index contributed by atoms with van der Waals surface area (Å²) in [6, 6.07) is 10.1. The molecular weight excluding hydrogens is 384 g/mol. The lowest BCUT2D eigenvalue weighted by Crippen LogP contribution is -2.39. The van der Waals surface area contributed by atoms with Crippen molar-refractivity contribution in [1.82, 2.24) is 10.2 Å². The Morgan fingerprint density at radius 1 is 1.24 bits per heavy atom. The molecule has 2 aromatic rings. The van der Waals surface area contributed by atoms with Crippen LogP contribution in [0.1, 0.15) is 43.7 Å². The molecule has 1 aliphatic heterocycles. The van der Waals surface area contributed by atoms with Gasteiger partial charge < -0.3 is 14.5 Å². The molecule has 1 saturated heterocycles. The second-order valence-corrected chi connectivity index (χ2v) is 8.58. The van der Waals surface area contributed by atoms with Gasteiger partial charge in [-0.1, -0.05) is 25.5 Å². The van der Waals surface area contributed by atoms with Crippen LogP contribution in [-0.2, 0) is 17.1 Å². The second-order valence-electron chi connectivity index (χ2n) is 7.47. The molecule has 1 unspecified atom stereocenters. The van der Waals surface area contributed by atoms with Gasteiger partial charge >= 0.3 is 0 Å². The van der Waals surface area contributed by atoms with E-state index in [0.29, 0.717) is 13.0 Å². The summed E-state index contributed by atoms with van der Waals surface area (Å²) in [5.41, 5.74) is 2.41. The molecule has 2 heterocycles. The van der Waals surface area contributed by atoms with Crippen LogP contribution in [0.2, 0.25) is 0 Å². The molecule has 1 N–H and O–H groups in total. The summed E-state index contributed by atoms with van der Waals surface area (Å²) in [6.45, 7) is 5.91. The van der Waals surface area contributed by atoms with Gasteiger partial charge in [-0.2, -0.15) is 11.8 Å². The van der Waals surface area contributed by atoms with Crippen molar-refractivity contribution in [2.24, 2.45) is 0 Å². The molecule has 0 aliphatic carbocycles. The van der Waals surface area contributed by atoms with E-state index >= 15 is 0 Å². The average Bonchev–Trinajstić information content (AvgIpc) is 3.26. The number of amides is 1. The van der Waals surface area contributed by atoms with Crippen molar-refractivity contribution < 1.29 is 13.9 Å². The molecule has 29 heavy (non-hydrogen) atoms. The number of nitrogens with one attached hydrogen (secondary N) is 1. The monoisotopic (exact) mass is 416 g/mol. The van der Waals surface area contributed by atoms with E-state index in [-0.39, 0.29) is 5.91 Å². The van der Waals surface area contributed by atoms with Crippen LogP contribution < -0.4 is 10.1 Å². The van der Waals surface area contributed by atoms with Gasteiger partial charge in [0, 0.05) is 30.2 Å². The summed E-state index contributed by atoms with van der Waals surface area (Å²) in [5, 5.41) is 3.00. The quantitative estimate of drug-likeness (QED) is 0.548. The van der Waals surface area contributed by atoms with E-state index in [2.05, 4.69) is 22.3 Å². The molecule has 0 radical (unpaired) electrons. The molecule has 1 fully saturated rings. The van der Waals surface area contributed by atoms with Gasteiger partial charge in [0.15, 0.2) is 6.10 Å². The van der Waals surface area contributed by atoms with Crippen molar-refractivity contribution in [2.45, 2.75) is 51.0 Å². The summed E-state index contributed by atoms with van der Waals surface area (Å²) in [7, 11) is 0. The highest BCUT2D eigenvalue weighted by atomic mass is 32.2. The van der Waals surface area contributed by atoms with Crippen LogP contribution in [0.15, 0.2) is 47.3 Å². The summed E-state index contributed by atoms with van der Waals surface area (Å²) in [4.78, 5) is 15.0. The Morgan fingerprint density at radius 2 is 2.10 bits per heavy atom. The Labute approximate surface area is 178 Å². The molecule has 158 valence electrons. The lowest BCUT2D eigenvalue weighted by atomic mass is 10.1. The number of hydrogen-bond acceptors (Lipinski definition) is 5. The highest BCUT2D eigenvalue weighted by Crippen LogP contribution is 2.19. The molecule has 5 nitrogen and oxygen atoms in total. The van der Waals surface area contributed by atoms with Crippen LogP contribution in [0.4, 0.5) is 0 Å². The number of likely N-dealkylation sites (tertiary alicyclic amines) is 1. The largest absolute Gasteiger partial charge is 0.481 e. The number of carbonyl (C=O) groups excluding carboxylic acids is 1. The Balaban J connectivity index is 1.42. The van der Waals surface area contributed by atoms with Crippen molar-refractivity contribution in [1.29, 1.82) is 0 Å². The van der Waals surface area contributed by atoms with E-state index in [0.717, 1.165) is 23.8 Å². The Hall–Kier alpha value is -1.92. The van der Waals surface area contributed by atoms with Gasteiger partial charge in [0.05, 0.1) is 12.5 Å². The van der Waals surface area contributed by atoms with Crippen molar-refractivity contribution >= 4 is 17.7 Å². The predicted octanol–water partition coefficient (Wildman–Crippen LogP) is 4.47. The summed E-state index contributed by atoms with van der Waals surface area (Å²) >= 11 is 1.77. The minimum atomic E-state index is -0.459. The third kappa shape index (κ3) is 7.44. The van der Waals surface area contributed by atoms with E-state index in [1.165, 1.54) is 43.5 Å². The van der Waals surface area contributed by atoms with Gasteiger partial charge in [-0.05, 0) is 56.1 Å². The number of ether oxygens (including phenoxy) is 1. The second kappa shape index (κ2) is 11.9. The number of piperidine rings is 1. The number of rotatable bonds is 11. The molecule has 3 rings (SSSR count). The highest BCUT2D eigenvalue weighted by Gasteiger charge is 2.18. The fraction of sp³-hybridized carbons (Fsp3) is 0.522. The third-order valence-corrected chi connectivity index (χ3v) is 6.12. The number of thioether (sulfide) groups is 1. The number of carbonyl (C=O) groups is 1. The summed E-state index contributed by atoms with van der Waals surface area (Å²) < 4.78 is 11.1. The zero-order valence-corrected chi connectivity index (χ0v) is 18.1. The van der Waals surface area contributed by atoms with Gasteiger partial charge in [-0.3, -0.25) is 9.69 Å². The average molecular weight is 417 g/mol. The zero-order valence-electron chi connectivity index (χ0n) is 17.3. The maximum Gasteiger partial charge on any atom is 0.261 e. The first-order valence-corrected chi connectivity index (χ1v) is 11.7. The minimum Gasteiger partial charge on any atom is -0.481 e. The molecule has 1 aromatic carbocycles. The lowest BCUT2D eigenvalue weighted by molar-refractivity contribution is -0.127. The Morgan fingerprint density at radius 3 is 2.86 bits per heavy atom. The first-order chi connectivity index (χ1) is 14.2. The van der Waals surface area contributed by atoms with Crippen LogP contribution in [0.5, 0.6) is 5.75 Å². The first kappa shape index (κ1) is 21.8. The van der Waals surface area contributed by atoms with Gasteiger partial charge in [0.1, 0.15) is 5.75 Å². The number of nitrogens with zero attached hydrogens (tertiary/aromatic N) is 1. The minimum absolute atomic E-state index is 0.0437. The normalized spacial score (nSPS) is 15.8. The van der Waals surface area contributed by atoms with Crippen LogP contribution >= 0.6 is 11.8 Å². The molecule has 1 amide bonds. The van der Waals surface area contributed by atoms with Gasteiger partial charge in [0.2, 0.25) is 0 Å². The number of benzene rings is 1. The van der Waals surface area contributed by atoms with E-state index in [9.17, 15) is 4.79 Å². The van der Waals surface area contributed by atoms with E-state index in [1.54, 1.807) is 24.3 Å². The van der Waals surface area contributed by atoms with Gasteiger partial charge in [-0.15, -0.1) is 0 Å². The van der Waals surface area contributed by atoms with Crippen LogP contribution in [0.3, 0.4) is 0 Å². The molecule has 0 bridgehead atoms. The van der Waals surface area contributed by atoms with Crippen LogP contribution in [-0.4, -0.2) is 42.3 Å². The summed E-state index contributed by atoms with van der Waals surface area (Å²) in [6.07, 6.45) is 7.54. The van der Waals surface area contributed by atoms with Crippen LogP contribution in [0.25, 0.3) is 0 Å². The fourth-order valence-corrected chi connectivity index (χ4v) is 4.30. The van der Waals surface area contributed by atoms with E-state index < -0.39 is 6.10 Å². The van der Waals surface area contributed by atoms with Crippen LogP contribution in [0, 0.1) is 0 Å². The molecule has 1 aromatic heterocycles. The van der Waals surface area contributed by atoms with Crippen molar-refractivity contribution in [3.8, 4) is 5.75 Å². The van der Waals surface area contributed by atoms with Gasteiger partial charge in [-0.25, -0.2) is 0 Å². The van der Waals surface area contributed by atoms with Crippen molar-refractivity contribution in [3.05, 3.63) is 54.0 Å². The maximum atomic E-state index is 12.5. The smallest absolute Gasteiger partial charge is 0.261 e. The first-order valence-electron chi connectivity index (χ1n) is 10.6. The lowest BCUT2D eigenvalue weighted by Gasteiger charge is -2.26. The summed E-state index contributed by atoms with van der Waals surface area (Å²) in [5.74, 6) is 2.48.